The highest BCUT2D eigenvalue weighted by Gasteiger charge is 2.36. The van der Waals surface area contributed by atoms with Crippen molar-refractivity contribution in [1.82, 2.24) is 4.57 Å². The summed E-state index contributed by atoms with van der Waals surface area (Å²) in [6, 6.07) is 13.7. The van der Waals surface area contributed by atoms with E-state index in [0.29, 0.717) is 25.0 Å². The number of ether oxygens (including phenoxy) is 1. The predicted octanol–water partition coefficient (Wildman–Crippen LogP) is 8.56. The Balaban J connectivity index is 1.61. The van der Waals surface area contributed by atoms with Crippen LogP contribution in [0.2, 0.25) is 0 Å². The van der Waals surface area contributed by atoms with Crippen LogP contribution in [0.3, 0.4) is 0 Å². The zero-order valence-electron chi connectivity index (χ0n) is 23.9. The number of nitrogens with zero attached hydrogens (tertiary/aromatic N) is 1. The molecule has 3 heteroatoms. The van der Waals surface area contributed by atoms with E-state index >= 15 is 0 Å². The molecule has 1 fully saturated rings. The normalized spacial score (nSPS) is 20.8. The van der Waals surface area contributed by atoms with E-state index in [9.17, 15) is 4.79 Å². The summed E-state index contributed by atoms with van der Waals surface area (Å²) < 4.78 is 8.23. The van der Waals surface area contributed by atoms with Crippen molar-refractivity contribution in [2.75, 3.05) is 6.61 Å². The SMILES string of the molecule is CC(C)=CC1CC(C)C(C(=O)OCCn2c3ccc(C(C)(C)C)cc3c3cc(C(C)(C)C)ccc32)C1. The van der Waals surface area contributed by atoms with Crippen LogP contribution in [0.4, 0.5) is 0 Å². The van der Waals surface area contributed by atoms with Crippen molar-refractivity contribution < 1.29 is 9.53 Å². The number of carbonyl (C=O) groups is 1. The molecule has 0 amide bonds. The summed E-state index contributed by atoms with van der Waals surface area (Å²) in [5, 5.41) is 2.56. The van der Waals surface area contributed by atoms with Crippen LogP contribution in [0, 0.1) is 17.8 Å². The van der Waals surface area contributed by atoms with Gasteiger partial charge in [-0.05, 0) is 84.7 Å². The first kappa shape index (κ1) is 26.5. The lowest BCUT2D eigenvalue weighted by Crippen LogP contribution is -2.22. The lowest BCUT2D eigenvalue weighted by molar-refractivity contribution is -0.149. The van der Waals surface area contributed by atoms with Crippen LogP contribution in [0.1, 0.15) is 86.3 Å². The summed E-state index contributed by atoms with van der Waals surface area (Å²) >= 11 is 0. The number of allylic oxidation sites excluding steroid dienone is 2. The highest BCUT2D eigenvalue weighted by atomic mass is 16.5. The minimum Gasteiger partial charge on any atom is -0.464 e. The van der Waals surface area contributed by atoms with E-state index < -0.39 is 0 Å². The number of fused-ring (bicyclic) bond motifs is 3. The lowest BCUT2D eigenvalue weighted by atomic mass is 9.85. The van der Waals surface area contributed by atoms with Crippen molar-refractivity contribution in [3.8, 4) is 0 Å². The van der Waals surface area contributed by atoms with Crippen LogP contribution < -0.4 is 0 Å². The van der Waals surface area contributed by atoms with Crippen LogP contribution in [-0.4, -0.2) is 17.1 Å². The fourth-order valence-corrected chi connectivity index (χ4v) is 5.86. The molecule has 194 valence electrons. The van der Waals surface area contributed by atoms with Gasteiger partial charge in [0.1, 0.15) is 6.61 Å². The third kappa shape index (κ3) is 5.41. The predicted molar refractivity (Wildman–Crippen MR) is 153 cm³/mol. The topological polar surface area (TPSA) is 31.2 Å². The van der Waals surface area contributed by atoms with Crippen molar-refractivity contribution >= 4 is 27.8 Å². The highest BCUT2D eigenvalue weighted by molar-refractivity contribution is 6.08. The molecule has 3 atom stereocenters. The standard InChI is InChI=1S/C33H45NO2/c1-21(2)16-23-17-22(3)26(18-23)31(35)36-15-14-34-29-12-10-24(32(4,5)6)19-27(29)28-20-25(33(7,8)9)11-13-30(28)34/h10-13,16,19-20,22-23,26H,14-15,17-18H2,1-9H3. The largest absolute Gasteiger partial charge is 0.464 e. The molecule has 1 aromatic heterocycles. The average Bonchev–Trinajstić information content (AvgIpc) is 3.28. The minimum atomic E-state index is -0.0297. The zero-order valence-corrected chi connectivity index (χ0v) is 23.9. The van der Waals surface area contributed by atoms with Gasteiger partial charge < -0.3 is 9.30 Å². The van der Waals surface area contributed by atoms with Gasteiger partial charge in [-0.1, -0.05) is 72.2 Å². The molecule has 0 bridgehead atoms. The first-order valence-corrected chi connectivity index (χ1v) is 13.6. The van der Waals surface area contributed by atoms with Crippen LogP contribution in [-0.2, 0) is 26.9 Å². The van der Waals surface area contributed by atoms with E-state index in [1.165, 1.54) is 38.5 Å². The van der Waals surface area contributed by atoms with E-state index in [1.54, 1.807) is 0 Å². The van der Waals surface area contributed by atoms with Crippen molar-refractivity contribution in [3.63, 3.8) is 0 Å². The molecule has 0 radical (unpaired) electrons. The number of aromatic nitrogens is 1. The van der Waals surface area contributed by atoms with E-state index in [4.69, 9.17) is 4.74 Å². The second-order valence-corrected chi connectivity index (χ2v) is 13.3. The van der Waals surface area contributed by atoms with Crippen molar-refractivity contribution in [1.29, 1.82) is 0 Å². The molecular weight excluding hydrogens is 442 g/mol. The molecule has 1 heterocycles. The maximum atomic E-state index is 13.0. The smallest absolute Gasteiger partial charge is 0.309 e. The van der Waals surface area contributed by atoms with Crippen molar-refractivity contribution in [3.05, 3.63) is 59.2 Å². The van der Waals surface area contributed by atoms with Crippen molar-refractivity contribution in [2.45, 2.75) is 92.5 Å². The molecule has 2 aromatic carbocycles. The molecule has 3 unspecified atom stereocenters. The zero-order chi connectivity index (χ0) is 26.4. The fraction of sp³-hybridized carbons (Fsp3) is 0.545. The Morgan fingerprint density at radius 1 is 0.917 bits per heavy atom. The molecule has 3 aromatic rings. The monoisotopic (exact) mass is 487 g/mol. The van der Waals surface area contributed by atoms with E-state index in [0.717, 1.165) is 12.8 Å². The Morgan fingerprint density at radius 3 is 1.92 bits per heavy atom. The molecule has 0 N–H and O–H groups in total. The number of rotatable bonds is 5. The molecule has 3 nitrogen and oxygen atoms in total. The molecule has 1 aliphatic rings. The average molecular weight is 488 g/mol. The minimum absolute atomic E-state index is 0.00689. The van der Waals surface area contributed by atoms with Crippen molar-refractivity contribution in [2.24, 2.45) is 17.8 Å². The summed E-state index contributed by atoms with van der Waals surface area (Å²) in [7, 11) is 0. The third-order valence-electron chi connectivity index (χ3n) is 7.95. The Morgan fingerprint density at radius 2 is 1.44 bits per heavy atom. The maximum absolute atomic E-state index is 13.0. The van der Waals surface area contributed by atoms with Gasteiger partial charge >= 0.3 is 5.97 Å². The van der Waals surface area contributed by atoms with Crippen LogP contribution in [0.5, 0.6) is 0 Å². The Labute approximate surface area is 217 Å². The molecule has 0 spiro atoms. The first-order chi connectivity index (χ1) is 16.8. The van der Waals surface area contributed by atoms with Gasteiger partial charge in [-0.3, -0.25) is 4.79 Å². The van der Waals surface area contributed by atoms with Gasteiger partial charge in [0.15, 0.2) is 0 Å². The van der Waals surface area contributed by atoms with Crippen LogP contribution in [0.15, 0.2) is 48.0 Å². The van der Waals surface area contributed by atoms with Gasteiger partial charge in [0.25, 0.3) is 0 Å². The summed E-state index contributed by atoms with van der Waals surface area (Å²) in [6.45, 7) is 21.1. The number of hydrogen-bond acceptors (Lipinski definition) is 2. The second-order valence-electron chi connectivity index (χ2n) is 13.3. The number of hydrogen-bond donors (Lipinski definition) is 0. The number of esters is 1. The Hall–Kier alpha value is -2.55. The summed E-state index contributed by atoms with van der Waals surface area (Å²) in [5.41, 5.74) is 6.58. The molecule has 0 aliphatic heterocycles. The Kier molecular flexibility index (Phi) is 7.16. The van der Waals surface area contributed by atoms with Gasteiger partial charge in [0, 0.05) is 21.8 Å². The molecule has 4 rings (SSSR count). The Bertz CT molecular complexity index is 1220. The van der Waals surface area contributed by atoms with E-state index in [-0.39, 0.29) is 22.7 Å². The third-order valence-corrected chi connectivity index (χ3v) is 7.95. The van der Waals surface area contributed by atoms with Gasteiger partial charge in [-0.15, -0.1) is 0 Å². The summed E-state index contributed by atoms with van der Waals surface area (Å²) in [4.78, 5) is 13.0. The van der Waals surface area contributed by atoms with E-state index in [2.05, 4.69) is 109 Å². The highest BCUT2D eigenvalue weighted by Crippen LogP contribution is 2.39. The van der Waals surface area contributed by atoms with Crippen LogP contribution >= 0.6 is 0 Å². The summed E-state index contributed by atoms with van der Waals surface area (Å²) in [5.74, 6) is 0.845. The number of benzene rings is 2. The van der Waals surface area contributed by atoms with Gasteiger partial charge in [-0.2, -0.15) is 0 Å². The number of carbonyl (C=O) groups excluding carboxylic acids is 1. The molecule has 0 saturated heterocycles. The molecule has 36 heavy (non-hydrogen) atoms. The maximum Gasteiger partial charge on any atom is 0.309 e. The quantitative estimate of drug-likeness (QED) is 0.267. The fourth-order valence-electron chi connectivity index (χ4n) is 5.86. The van der Waals surface area contributed by atoms with Crippen LogP contribution in [0.25, 0.3) is 21.8 Å². The second kappa shape index (κ2) is 9.72. The molecular formula is C33H45NO2. The lowest BCUT2D eigenvalue weighted by Gasteiger charge is -2.19. The molecule has 1 aliphatic carbocycles. The first-order valence-electron chi connectivity index (χ1n) is 13.6. The summed E-state index contributed by atoms with van der Waals surface area (Å²) in [6.07, 6.45) is 4.30. The molecule has 1 saturated carbocycles. The van der Waals surface area contributed by atoms with Gasteiger partial charge in [0.05, 0.1) is 12.5 Å². The van der Waals surface area contributed by atoms with Gasteiger partial charge in [0.2, 0.25) is 0 Å². The van der Waals surface area contributed by atoms with Gasteiger partial charge in [-0.25, -0.2) is 0 Å². The van der Waals surface area contributed by atoms with E-state index in [1.807, 2.05) is 0 Å².